The Hall–Kier alpha value is -2.64. The Morgan fingerprint density at radius 3 is 2.14 bits per heavy atom. The molecule has 0 heterocycles. The van der Waals surface area contributed by atoms with Crippen molar-refractivity contribution >= 4 is 5.69 Å². The molecule has 0 aliphatic carbocycles. The quantitative estimate of drug-likeness (QED) is 0.482. The minimum atomic E-state index is -4.81. The molecule has 0 amide bonds. The van der Waals surface area contributed by atoms with Crippen LogP contribution in [0, 0.1) is 15.9 Å². The molecule has 0 bridgehead atoms. The topological polar surface area (TPSA) is 52.4 Å². The van der Waals surface area contributed by atoms with Gasteiger partial charge in [0.2, 0.25) is 0 Å². The lowest BCUT2D eigenvalue weighted by molar-refractivity contribution is -0.385. The Morgan fingerprint density at radius 2 is 1.67 bits per heavy atom. The second-order valence-electron chi connectivity index (χ2n) is 3.99. The summed E-state index contributed by atoms with van der Waals surface area (Å²) in [6, 6.07) is 7.56. The molecule has 0 saturated heterocycles. The van der Waals surface area contributed by atoms with Gasteiger partial charge >= 0.3 is 6.36 Å². The van der Waals surface area contributed by atoms with E-state index in [0.29, 0.717) is 0 Å². The fourth-order valence-electron chi connectivity index (χ4n) is 1.69. The van der Waals surface area contributed by atoms with E-state index in [1.165, 1.54) is 18.2 Å². The Morgan fingerprint density at radius 1 is 1.05 bits per heavy atom. The van der Waals surface area contributed by atoms with Crippen LogP contribution in [-0.2, 0) is 0 Å². The number of hydrogen-bond acceptors (Lipinski definition) is 3. The standard InChI is InChI=1S/C13H7F4NO3/c14-12-7-9(18(19)20)3-6-11(12)8-1-4-10(5-2-8)21-13(15,16)17/h1-7H. The number of non-ortho nitro benzene ring substituents is 1. The molecule has 0 spiro atoms. The predicted octanol–water partition coefficient (Wildman–Crippen LogP) is 4.30. The smallest absolute Gasteiger partial charge is 0.406 e. The molecular formula is C13H7F4NO3. The zero-order valence-electron chi connectivity index (χ0n) is 10.2. The van der Waals surface area contributed by atoms with Crippen molar-refractivity contribution in [3.8, 4) is 16.9 Å². The number of nitro groups is 1. The highest BCUT2D eigenvalue weighted by molar-refractivity contribution is 5.66. The first kappa shape index (κ1) is 14.8. The molecule has 0 aromatic heterocycles. The normalized spacial score (nSPS) is 11.2. The van der Waals surface area contributed by atoms with Gasteiger partial charge in [0.15, 0.2) is 0 Å². The first-order valence-electron chi connectivity index (χ1n) is 5.56. The van der Waals surface area contributed by atoms with E-state index >= 15 is 0 Å². The van der Waals surface area contributed by atoms with E-state index in [2.05, 4.69) is 4.74 Å². The lowest BCUT2D eigenvalue weighted by atomic mass is 10.0. The Balaban J connectivity index is 2.29. The van der Waals surface area contributed by atoms with Crippen molar-refractivity contribution in [2.24, 2.45) is 0 Å². The highest BCUT2D eigenvalue weighted by atomic mass is 19.4. The summed E-state index contributed by atoms with van der Waals surface area (Å²) >= 11 is 0. The first-order valence-corrected chi connectivity index (χ1v) is 5.56. The SMILES string of the molecule is O=[N+]([O-])c1ccc(-c2ccc(OC(F)(F)F)cc2)c(F)c1. The molecule has 0 unspecified atom stereocenters. The largest absolute Gasteiger partial charge is 0.573 e. The molecule has 0 aliphatic heterocycles. The number of ether oxygens (including phenoxy) is 1. The molecule has 0 fully saturated rings. The van der Waals surface area contributed by atoms with Gasteiger partial charge in [-0.25, -0.2) is 4.39 Å². The Kier molecular flexibility index (Phi) is 3.79. The van der Waals surface area contributed by atoms with Gasteiger partial charge in [-0.3, -0.25) is 10.1 Å². The fourth-order valence-corrected chi connectivity index (χ4v) is 1.69. The van der Waals surface area contributed by atoms with Gasteiger partial charge in [-0.15, -0.1) is 13.2 Å². The van der Waals surface area contributed by atoms with Gasteiger partial charge in [-0.2, -0.15) is 0 Å². The molecule has 2 aromatic carbocycles. The first-order chi connectivity index (χ1) is 9.76. The van der Waals surface area contributed by atoms with Crippen LogP contribution >= 0.6 is 0 Å². The number of benzene rings is 2. The average Bonchev–Trinajstić information content (AvgIpc) is 2.38. The van der Waals surface area contributed by atoms with Crippen LogP contribution in [0.1, 0.15) is 0 Å². The summed E-state index contributed by atoms with van der Waals surface area (Å²) in [4.78, 5) is 9.75. The van der Waals surface area contributed by atoms with Crippen LogP contribution in [-0.4, -0.2) is 11.3 Å². The van der Waals surface area contributed by atoms with E-state index in [9.17, 15) is 27.7 Å². The zero-order valence-corrected chi connectivity index (χ0v) is 10.2. The van der Waals surface area contributed by atoms with Crippen LogP contribution in [0.25, 0.3) is 11.1 Å². The minimum absolute atomic E-state index is 0.0409. The van der Waals surface area contributed by atoms with Gasteiger partial charge in [-0.1, -0.05) is 12.1 Å². The fraction of sp³-hybridized carbons (Fsp3) is 0.0769. The lowest BCUT2D eigenvalue weighted by Crippen LogP contribution is -2.16. The molecule has 2 aromatic rings. The molecule has 21 heavy (non-hydrogen) atoms. The molecule has 0 N–H and O–H groups in total. The van der Waals surface area contributed by atoms with Crippen molar-refractivity contribution in [1.82, 2.24) is 0 Å². The van der Waals surface area contributed by atoms with E-state index < -0.39 is 28.5 Å². The van der Waals surface area contributed by atoms with Crippen molar-refractivity contribution in [2.75, 3.05) is 0 Å². The van der Waals surface area contributed by atoms with Gasteiger partial charge in [0.05, 0.1) is 11.0 Å². The molecule has 0 atom stereocenters. The minimum Gasteiger partial charge on any atom is -0.406 e. The third-order valence-electron chi connectivity index (χ3n) is 2.56. The van der Waals surface area contributed by atoms with E-state index in [4.69, 9.17) is 0 Å². The van der Waals surface area contributed by atoms with Gasteiger partial charge in [-0.05, 0) is 23.8 Å². The summed E-state index contributed by atoms with van der Waals surface area (Å²) in [5.74, 6) is -1.28. The lowest BCUT2D eigenvalue weighted by Gasteiger charge is -2.09. The molecule has 0 saturated carbocycles. The van der Waals surface area contributed by atoms with Crippen molar-refractivity contribution in [3.63, 3.8) is 0 Å². The monoisotopic (exact) mass is 301 g/mol. The van der Waals surface area contributed by atoms with Crippen LogP contribution in [0.15, 0.2) is 42.5 Å². The van der Waals surface area contributed by atoms with Crippen LogP contribution in [0.2, 0.25) is 0 Å². The molecule has 0 radical (unpaired) electrons. The molecule has 2 rings (SSSR count). The summed E-state index contributed by atoms with van der Waals surface area (Å²) < 4.78 is 53.5. The second-order valence-corrected chi connectivity index (χ2v) is 3.99. The van der Waals surface area contributed by atoms with Crippen LogP contribution in [0.5, 0.6) is 5.75 Å². The summed E-state index contributed by atoms with van der Waals surface area (Å²) in [5, 5.41) is 10.5. The number of alkyl halides is 3. The third kappa shape index (κ3) is 3.68. The van der Waals surface area contributed by atoms with Crippen LogP contribution < -0.4 is 4.74 Å². The molecule has 110 valence electrons. The van der Waals surface area contributed by atoms with Crippen molar-refractivity contribution in [3.05, 3.63) is 58.4 Å². The van der Waals surface area contributed by atoms with Crippen molar-refractivity contribution in [2.45, 2.75) is 6.36 Å². The number of nitro benzene ring substituents is 1. The summed E-state index contributed by atoms with van der Waals surface area (Å²) in [6.07, 6.45) is -4.81. The summed E-state index contributed by atoms with van der Waals surface area (Å²) in [7, 11) is 0. The second kappa shape index (κ2) is 5.39. The number of halogens is 4. The van der Waals surface area contributed by atoms with Crippen molar-refractivity contribution in [1.29, 1.82) is 0 Å². The van der Waals surface area contributed by atoms with Crippen molar-refractivity contribution < 1.29 is 27.2 Å². The Bertz CT molecular complexity index is 668. The highest BCUT2D eigenvalue weighted by Gasteiger charge is 2.31. The summed E-state index contributed by atoms with van der Waals surface area (Å²) in [6.45, 7) is 0. The van der Waals surface area contributed by atoms with E-state index in [0.717, 1.165) is 24.3 Å². The molecular weight excluding hydrogens is 294 g/mol. The van der Waals surface area contributed by atoms with Gasteiger partial charge in [0.1, 0.15) is 11.6 Å². The maximum absolute atomic E-state index is 13.8. The average molecular weight is 301 g/mol. The van der Waals surface area contributed by atoms with E-state index in [-0.39, 0.29) is 11.1 Å². The maximum Gasteiger partial charge on any atom is 0.573 e. The Labute approximate surface area is 115 Å². The maximum atomic E-state index is 13.8. The number of nitrogens with zero attached hydrogens (tertiary/aromatic N) is 1. The third-order valence-corrected chi connectivity index (χ3v) is 2.56. The molecule has 8 heteroatoms. The van der Waals surface area contributed by atoms with Crippen LogP contribution in [0.4, 0.5) is 23.2 Å². The predicted molar refractivity (Wildman–Crippen MR) is 65.2 cm³/mol. The van der Waals surface area contributed by atoms with Gasteiger partial charge < -0.3 is 4.74 Å². The molecule has 4 nitrogen and oxygen atoms in total. The number of hydrogen-bond donors (Lipinski definition) is 0. The van der Waals surface area contributed by atoms with Gasteiger partial charge in [0.25, 0.3) is 5.69 Å². The summed E-state index contributed by atoms with van der Waals surface area (Å²) in [5.41, 5.74) is -0.0932. The zero-order chi connectivity index (χ0) is 15.6. The van der Waals surface area contributed by atoms with Crippen LogP contribution in [0.3, 0.4) is 0 Å². The van der Waals surface area contributed by atoms with E-state index in [1.54, 1.807) is 0 Å². The van der Waals surface area contributed by atoms with E-state index in [1.807, 2.05) is 0 Å². The molecule has 0 aliphatic rings. The highest BCUT2D eigenvalue weighted by Crippen LogP contribution is 2.29. The number of rotatable bonds is 3. The van der Waals surface area contributed by atoms with Gasteiger partial charge in [0, 0.05) is 11.6 Å².